The zero-order valence-electron chi connectivity index (χ0n) is 12.6. The van der Waals surface area contributed by atoms with Crippen LogP contribution >= 0.6 is 0 Å². The summed E-state index contributed by atoms with van der Waals surface area (Å²) in [7, 11) is 0. The van der Waals surface area contributed by atoms with Crippen molar-refractivity contribution in [2.75, 3.05) is 12.3 Å². The lowest BCUT2D eigenvalue weighted by atomic mass is 9.97. The number of nitrogens with one attached hydrogen (secondary N) is 1. The molecule has 0 aliphatic heterocycles. The second-order valence-electron chi connectivity index (χ2n) is 5.67. The maximum atomic E-state index is 11.8. The molecule has 21 heavy (non-hydrogen) atoms. The largest absolute Gasteiger partial charge is 0.481 e. The molecular formula is C16H24N2O3. The summed E-state index contributed by atoms with van der Waals surface area (Å²) in [5.41, 5.74) is 7.42. The minimum Gasteiger partial charge on any atom is -0.481 e. The van der Waals surface area contributed by atoms with Gasteiger partial charge < -0.3 is 16.2 Å². The fourth-order valence-electron chi connectivity index (χ4n) is 2.18. The van der Waals surface area contributed by atoms with Gasteiger partial charge in [0.25, 0.3) is 0 Å². The van der Waals surface area contributed by atoms with Crippen LogP contribution in [0.2, 0.25) is 0 Å². The molecule has 1 rings (SSSR count). The number of aryl methyl sites for hydroxylation is 1. The third-order valence-corrected chi connectivity index (χ3v) is 3.33. The average molecular weight is 292 g/mol. The highest BCUT2D eigenvalue weighted by molar-refractivity contribution is 5.77. The number of amides is 1. The number of aliphatic carboxylic acids is 1. The first-order valence-electron chi connectivity index (χ1n) is 7.23. The molecule has 0 radical (unpaired) electrons. The van der Waals surface area contributed by atoms with Crippen LogP contribution in [-0.2, 0) is 16.0 Å². The van der Waals surface area contributed by atoms with E-state index in [0.717, 1.165) is 5.56 Å². The summed E-state index contributed by atoms with van der Waals surface area (Å²) >= 11 is 0. The molecule has 0 aliphatic carbocycles. The first-order valence-corrected chi connectivity index (χ1v) is 7.23. The first-order chi connectivity index (χ1) is 9.90. The molecule has 0 spiro atoms. The highest BCUT2D eigenvalue weighted by Crippen LogP contribution is 2.13. The van der Waals surface area contributed by atoms with E-state index < -0.39 is 11.9 Å². The van der Waals surface area contributed by atoms with Gasteiger partial charge in [-0.3, -0.25) is 9.59 Å². The molecule has 1 atom stereocenters. The number of nitrogen functional groups attached to an aromatic ring is 1. The molecule has 5 nitrogen and oxygen atoms in total. The molecule has 0 saturated heterocycles. The average Bonchev–Trinajstić information content (AvgIpc) is 2.41. The van der Waals surface area contributed by atoms with Gasteiger partial charge in [0.1, 0.15) is 0 Å². The summed E-state index contributed by atoms with van der Waals surface area (Å²) in [5.74, 6) is -1.26. The molecule has 0 heterocycles. The van der Waals surface area contributed by atoms with Gasteiger partial charge in [-0.05, 0) is 30.4 Å². The predicted molar refractivity (Wildman–Crippen MR) is 82.8 cm³/mol. The first kappa shape index (κ1) is 17.0. The molecule has 1 unspecified atom stereocenters. The van der Waals surface area contributed by atoms with Crippen LogP contribution in [0.5, 0.6) is 0 Å². The van der Waals surface area contributed by atoms with Crippen molar-refractivity contribution in [2.45, 2.75) is 33.1 Å². The minimum atomic E-state index is -0.865. The van der Waals surface area contributed by atoms with Crippen LogP contribution in [0, 0.1) is 11.8 Å². The zero-order valence-corrected chi connectivity index (χ0v) is 12.6. The van der Waals surface area contributed by atoms with Crippen molar-refractivity contribution < 1.29 is 14.7 Å². The van der Waals surface area contributed by atoms with Crippen LogP contribution in [0.1, 0.15) is 32.3 Å². The van der Waals surface area contributed by atoms with Gasteiger partial charge in [0.2, 0.25) is 5.91 Å². The molecule has 4 N–H and O–H groups in total. The summed E-state index contributed by atoms with van der Waals surface area (Å²) in [5, 5.41) is 11.8. The zero-order chi connectivity index (χ0) is 15.8. The summed E-state index contributed by atoms with van der Waals surface area (Å²) in [6.07, 6.45) is 1.42. The van der Waals surface area contributed by atoms with Gasteiger partial charge in [0.15, 0.2) is 0 Å². The number of carbonyl (C=O) groups excluding carboxylic acids is 1. The fourth-order valence-corrected chi connectivity index (χ4v) is 2.18. The van der Waals surface area contributed by atoms with E-state index in [9.17, 15) is 9.59 Å². The Hall–Kier alpha value is -2.04. The molecule has 116 valence electrons. The third kappa shape index (κ3) is 6.29. The number of rotatable bonds is 8. The van der Waals surface area contributed by atoms with Gasteiger partial charge in [0.05, 0.1) is 5.92 Å². The highest BCUT2D eigenvalue weighted by atomic mass is 16.4. The number of nitrogens with two attached hydrogens (primary N) is 1. The van der Waals surface area contributed by atoms with Crippen molar-refractivity contribution in [3.8, 4) is 0 Å². The Bertz CT molecular complexity index is 486. The monoisotopic (exact) mass is 292 g/mol. The lowest BCUT2D eigenvalue weighted by Crippen LogP contribution is -2.33. The molecule has 0 aromatic heterocycles. The Balaban J connectivity index is 2.39. The van der Waals surface area contributed by atoms with Gasteiger partial charge in [-0.1, -0.05) is 32.0 Å². The van der Waals surface area contributed by atoms with E-state index in [1.807, 2.05) is 32.0 Å². The molecule has 0 saturated carbocycles. The third-order valence-electron chi connectivity index (χ3n) is 3.33. The second-order valence-corrected chi connectivity index (χ2v) is 5.67. The predicted octanol–water partition coefficient (Wildman–Crippen LogP) is 2.06. The molecule has 1 aromatic rings. The minimum absolute atomic E-state index is 0.145. The van der Waals surface area contributed by atoms with Crippen molar-refractivity contribution in [1.29, 1.82) is 0 Å². The summed E-state index contributed by atoms with van der Waals surface area (Å²) in [6, 6.07) is 7.42. The van der Waals surface area contributed by atoms with Crippen LogP contribution in [0.4, 0.5) is 5.69 Å². The van der Waals surface area contributed by atoms with Crippen LogP contribution < -0.4 is 11.1 Å². The Morgan fingerprint density at radius 1 is 1.29 bits per heavy atom. The number of carboxylic acid groups (broad SMARTS) is 1. The number of benzene rings is 1. The van der Waals surface area contributed by atoms with Crippen LogP contribution in [-0.4, -0.2) is 23.5 Å². The Morgan fingerprint density at radius 3 is 2.52 bits per heavy atom. The lowest BCUT2D eigenvalue weighted by molar-refractivity contribution is -0.142. The molecule has 5 heteroatoms. The number of carboxylic acids is 1. The Kier molecular flexibility index (Phi) is 6.72. The van der Waals surface area contributed by atoms with Crippen molar-refractivity contribution in [2.24, 2.45) is 11.8 Å². The molecule has 1 aromatic carbocycles. The molecule has 1 amide bonds. The van der Waals surface area contributed by atoms with Crippen LogP contribution in [0.3, 0.4) is 0 Å². The van der Waals surface area contributed by atoms with Crippen molar-refractivity contribution in [3.63, 3.8) is 0 Å². The maximum absolute atomic E-state index is 11.8. The van der Waals surface area contributed by atoms with Crippen molar-refractivity contribution >= 4 is 17.6 Å². The summed E-state index contributed by atoms with van der Waals surface area (Å²) in [4.78, 5) is 22.9. The van der Waals surface area contributed by atoms with Crippen LogP contribution in [0.15, 0.2) is 24.3 Å². The molecule has 0 aliphatic rings. The van der Waals surface area contributed by atoms with E-state index >= 15 is 0 Å². The van der Waals surface area contributed by atoms with E-state index in [-0.39, 0.29) is 18.4 Å². The van der Waals surface area contributed by atoms with E-state index in [2.05, 4.69) is 5.32 Å². The van der Waals surface area contributed by atoms with Gasteiger partial charge in [-0.25, -0.2) is 0 Å². The Labute approximate surface area is 125 Å². The van der Waals surface area contributed by atoms with Gasteiger partial charge in [0, 0.05) is 18.7 Å². The fraction of sp³-hybridized carbons (Fsp3) is 0.500. The van der Waals surface area contributed by atoms with Crippen molar-refractivity contribution in [3.05, 3.63) is 29.8 Å². The molecule has 0 bridgehead atoms. The van der Waals surface area contributed by atoms with E-state index in [1.165, 1.54) is 0 Å². The quantitative estimate of drug-likeness (QED) is 0.639. The summed E-state index contributed by atoms with van der Waals surface area (Å²) < 4.78 is 0. The number of para-hydroxylation sites is 1. The Morgan fingerprint density at radius 2 is 1.95 bits per heavy atom. The number of hydrogen-bond acceptors (Lipinski definition) is 3. The van der Waals surface area contributed by atoms with Crippen molar-refractivity contribution in [1.82, 2.24) is 5.32 Å². The number of hydrogen-bond donors (Lipinski definition) is 3. The topological polar surface area (TPSA) is 92.4 Å². The second kappa shape index (κ2) is 8.29. The van der Waals surface area contributed by atoms with Gasteiger partial charge in [-0.2, -0.15) is 0 Å². The highest BCUT2D eigenvalue weighted by Gasteiger charge is 2.19. The summed E-state index contributed by atoms with van der Waals surface area (Å²) in [6.45, 7) is 4.11. The van der Waals surface area contributed by atoms with Crippen LogP contribution in [0.25, 0.3) is 0 Å². The molecular weight excluding hydrogens is 268 g/mol. The van der Waals surface area contributed by atoms with E-state index in [1.54, 1.807) is 6.07 Å². The van der Waals surface area contributed by atoms with Gasteiger partial charge >= 0.3 is 5.97 Å². The number of anilines is 1. The standard InChI is InChI=1S/C16H24N2O3/c1-11(2)9-13(16(20)21)10-18-15(19)8-7-12-5-3-4-6-14(12)17/h3-6,11,13H,7-10,17H2,1-2H3,(H,18,19)(H,20,21). The van der Waals surface area contributed by atoms with E-state index in [4.69, 9.17) is 10.8 Å². The smallest absolute Gasteiger partial charge is 0.308 e. The maximum Gasteiger partial charge on any atom is 0.308 e. The number of carbonyl (C=O) groups is 2. The van der Waals surface area contributed by atoms with Gasteiger partial charge in [-0.15, -0.1) is 0 Å². The van der Waals surface area contributed by atoms with E-state index in [0.29, 0.717) is 24.9 Å². The normalized spacial score (nSPS) is 12.1. The molecule has 0 fully saturated rings. The SMILES string of the molecule is CC(C)CC(CNC(=O)CCc1ccccc1N)C(=O)O. The lowest BCUT2D eigenvalue weighted by Gasteiger charge is -2.15.